The van der Waals surface area contributed by atoms with Gasteiger partial charge in [-0.15, -0.1) is 0 Å². The first-order valence-corrected chi connectivity index (χ1v) is 11.5. The second-order valence-corrected chi connectivity index (χ2v) is 8.84. The third-order valence-corrected chi connectivity index (χ3v) is 5.15. The van der Waals surface area contributed by atoms with Gasteiger partial charge in [-0.05, 0) is 52.0 Å². The number of carbonyl (C=O) groups excluding carboxylic acids is 2. The second kappa shape index (κ2) is 11.2. The van der Waals surface area contributed by atoms with Crippen LogP contribution in [0.3, 0.4) is 0 Å². The molecule has 0 aliphatic rings. The zero-order valence-corrected chi connectivity index (χ0v) is 21.4. The fourth-order valence-electron chi connectivity index (χ4n) is 3.70. The molecule has 0 aliphatic heterocycles. The van der Waals surface area contributed by atoms with E-state index in [4.69, 9.17) is 18.9 Å². The monoisotopic (exact) mass is 496 g/mol. The van der Waals surface area contributed by atoms with Gasteiger partial charge in [-0.3, -0.25) is 0 Å². The van der Waals surface area contributed by atoms with Crippen LogP contribution in [0.15, 0.2) is 48.5 Å². The molecule has 0 saturated carbocycles. The highest BCUT2D eigenvalue weighted by molar-refractivity contribution is 5.97. The molecule has 0 spiro atoms. The molecule has 0 fully saturated rings. The molecule has 0 unspecified atom stereocenters. The highest BCUT2D eigenvalue weighted by Crippen LogP contribution is 2.30. The highest BCUT2D eigenvalue weighted by Gasteiger charge is 2.23. The van der Waals surface area contributed by atoms with E-state index in [1.807, 2.05) is 30.3 Å². The molecule has 192 valence electrons. The number of nitrogens with zero attached hydrogens (tertiary/aromatic N) is 1. The Hall–Kier alpha value is -3.98. The number of carbonyl (C=O) groups is 2. The Morgan fingerprint density at radius 3 is 2.19 bits per heavy atom. The first-order valence-electron chi connectivity index (χ1n) is 11.5. The third-order valence-electron chi connectivity index (χ3n) is 5.15. The van der Waals surface area contributed by atoms with Gasteiger partial charge in [0.1, 0.15) is 28.3 Å². The number of methoxy groups -OCH3 is 2. The quantitative estimate of drug-likeness (QED) is 0.362. The minimum absolute atomic E-state index is 0.253. The lowest BCUT2D eigenvalue weighted by Gasteiger charge is -2.21. The summed E-state index contributed by atoms with van der Waals surface area (Å²) in [7, 11) is 3.14. The average molecular weight is 497 g/mol. The van der Waals surface area contributed by atoms with Gasteiger partial charge in [-0.25, -0.2) is 14.2 Å². The number of H-pyrrole nitrogens is 1. The number of aromatic amines is 1. The Kier molecular flexibility index (Phi) is 8.26. The molecular weight excluding hydrogens is 464 g/mol. The molecule has 0 saturated heterocycles. The van der Waals surface area contributed by atoms with E-state index < -0.39 is 11.7 Å². The number of hydrogen-bond donors (Lipinski definition) is 2. The molecule has 2 aromatic heterocycles. The maximum atomic E-state index is 12.4. The summed E-state index contributed by atoms with van der Waals surface area (Å²) in [6.07, 6.45) is -0.527. The van der Waals surface area contributed by atoms with Crippen LogP contribution in [0.5, 0.6) is 11.5 Å². The molecule has 2 N–H and O–H groups in total. The van der Waals surface area contributed by atoms with Gasteiger partial charge in [-0.1, -0.05) is 24.3 Å². The number of aromatic nitrogens is 2. The smallest absolute Gasteiger partial charge is 0.419 e. The number of rotatable bonds is 5. The van der Waals surface area contributed by atoms with Crippen molar-refractivity contribution in [2.24, 2.45) is 0 Å². The van der Waals surface area contributed by atoms with Gasteiger partial charge in [0.05, 0.1) is 38.6 Å². The van der Waals surface area contributed by atoms with Crippen molar-refractivity contribution in [1.29, 1.82) is 0 Å². The van der Waals surface area contributed by atoms with E-state index in [9.17, 15) is 14.7 Å². The zero-order valence-electron chi connectivity index (χ0n) is 21.4. The Morgan fingerprint density at radius 2 is 1.61 bits per heavy atom. The van der Waals surface area contributed by atoms with Crippen LogP contribution in [0.25, 0.3) is 21.8 Å². The predicted octanol–water partition coefficient (Wildman–Crippen LogP) is 5.28. The Bertz CT molecular complexity index is 1360. The minimum Gasteiger partial charge on any atom is -0.495 e. The number of ether oxygens (including phenoxy) is 4. The largest absolute Gasteiger partial charge is 0.495 e. The van der Waals surface area contributed by atoms with E-state index in [1.54, 1.807) is 60.1 Å². The maximum Gasteiger partial charge on any atom is 0.419 e. The van der Waals surface area contributed by atoms with Gasteiger partial charge in [0.2, 0.25) is 0 Å². The molecule has 2 aromatic carbocycles. The summed E-state index contributed by atoms with van der Waals surface area (Å²) in [5.74, 6) is 0.932. The molecule has 36 heavy (non-hydrogen) atoms. The Balaban J connectivity index is 0.000000205. The van der Waals surface area contributed by atoms with Crippen LogP contribution in [0.1, 0.15) is 43.9 Å². The Morgan fingerprint density at radius 1 is 0.972 bits per heavy atom. The van der Waals surface area contributed by atoms with Crippen molar-refractivity contribution in [2.75, 3.05) is 20.8 Å². The number of para-hydroxylation sites is 2. The van der Waals surface area contributed by atoms with E-state index >= 15 is 0 Å². The van der Waals surface area contributed by atoms with Crippen molar-refractivity contribution in [3.63, 3.8) is 0 Å². The number of nitrogens with one attached hydrogen (secondary N) is 1. The van der Waals surface area contributed by atoms with Gasteiger partial charge < -0.3 is 29.0 Å². The van der Waals surface area contributed by atoms with Crippen LogP contribution >= 0.6 is 0 Å². The van der Waals surface area contributed by atoms with E-state index in [0.29, 0.717) is 35.0 Å². The topological polar surface area (TPSA) is 112 Å². The lowest BCUT2D eigenvalue weighted by Crippen LogP contribution is -2.28. The lowest BCUT2D eigenvalue weighted by atomic mass is 10.2. The number of fused-ring (bicyclic) bond motifs is 2. The van der Waals surface area contributed by atoms with Crippen LogP contribution in [0, 0.1) is 0 Å². The molecule has 0 amide bonds. The van der Waals surface area contributed by atoms with Crippen LogP contribution in [-0.4, -0.2) is 53.1 Å². The summed E-state index contributed by atoms with van der Waals surface area (Å²) in [6, 6.07) is 14.6. The third kappa shape index (κ3) is 5.80. The summed E-state index contributed by atoms with van der Waals surface area (Å²) in [5.41, 5.74) is 1.73. The van der Waals surface area contributed by atoms with E-state index in [0.717, 1.165) is 16.3 Å². The van der Waals surface area contributed by atoms with Crippen LogP contribution < -0.4 is 9.47 Å². The van der Waals surface area contributed by atoms with Gasteiger partial charge in [0.15, 0.2) is 0 Å². The minimum atomic E-state index is -0.609. The van der Waals surface area contributed by atoms with Crippen molar-refractivity contribution in [3.05, 3.63) is 59.9 Å². The number of benzene rings is 2. The molecule has 2 heterocycles. The second-order valence-electron chi connectivity index (χ2n) is 8.84. The van der Waals surface area contributed by atoms with Crippen molar-refractivity contribution in [2.45, 2.75) is 39.9 Å². The zero-order chi connectivity index (χ0) is 26.5. The first kappa shape index (κ1) is 26.6. The highest BCUT2D eigenvalue weighted by atomic mass is 16.6. The maximum absolute atomic E-state index is 12.4. The summed E-state index contributed by atoms with van der Waals surface area (Å²) in [4.78, 5) is 26.9. The molecule has 9 heteroatoms. The van der Waals surface area contributed by atoms with Gasteiger partial charge >= 0.3 is 12.1 Å². The molecule has 0 radical (unpaired) electrons. The standard InChI is InChI=1S/C15H19NO4.C12H13NO3/c1-15(2,3)20-14(18)16-11(9-17)8-10-6-5-7-12(19-4)13(10)16;1-3-16-12(14)9-7-8-5-4-6-10(15-2)11(8)13-9/h5-8,17H,9H2,1-4H3;4-7,13H,3H2,1-2H3. The SMILES string of the molecule is CCOC(=O)c1cc2cccc(OC)c2[nH]1.COc1cccc2cc(CO)n(C(=O)OC(C)(C)C)c12. The van der Waals surface area contributed by atoms with Crippen LogP contribution in [0.2, 0.25) is 0 Å². The van der Waals surface area contributed by atoms with Crippen molar-refractivity contribution in [3.8, 4) is 11.5 Å². The van der Waals surface area contributed by atoms with Gasteiger partial charge in [0.25, 0.3) is 0 Å². The predicted molar refractivity (Wildman–Crippen MR) is 137 cm³/mol. The fraction of sp³-hybridized carbons (Fsp3) is 0.333. The molecular formula is C27H32N2O7. The average Bonchev–Trinajstić information content (AvgIpc) is 3.45. The number of aliphatic hydroxyl groups is 1. The van der Waals surface area contributed by atoms with Crippen molar-refractivity contribution < 1.29 is 33.6 Å². The van der Waals surface area contributed by atoms with Crippen LogP contribution in [-0.2, 0) is 16.1 Å². The molecule has 9 nitrogen and oxygen atoms in total. The lowest BCUT2D eigenvalue weighted by molar-refractivity contribution is 0.0515. The molecule has 0 aliphatic carbocycles. The number of aliphatic hydroxyl groups excluding tert-OH is 1. The first-order chi connectivity index (χ1) is 17.1. The molecule has 0 bridgehead atoms. The fourth-order valence-corrected chi connectivity index (χ4v) is 3.70. The summed E-state index contributed by atoms with van der Waals surface area (Å²) in [5, 5.41) is 11.2. The van der Waals surface area contributed by atoms with E-state index in [1.165, 1.54) is 4.57 Å². The number of esters is 1. The van der Waals surface area contributed by atoms with E-state index in [2.05, 4.69) is 4.98 Å². The van der Waals surface area contributed by atoms with Crippen molar-refractivity contribution in [1.82, 2.24) is 9.55 Å². The Labute approximate surface area is 209 Å². The summed E-state index contributed by atoms with van der Waals surface area (Å²) in [6.45, 7) is 7.29. The molecule has 4 aromatic rings. The number of hydrogen-bond acceptors (Lipinski definition) is 7. The molecule has 4 rings (SSSR count). The summed E-state index contributed by atoms with van der Waals surface area (Å²) < 4.78 is 22.2. The van der Waals surface area contributed by atoms with Crippen LogP contribution in [0.4, 0.5) is 4.79 Å². The van der Waals surface area contributed by atoms with E-state index in [-0.39, 0.29) is 12.6 Å². The van der Waals surface area contributed by atoms with Crippen molar-refractivity contribution >= 4 is 33.9 Å². The normalized spacial score (nSPS) is 11.1. The van der Waals surface area contributed by atoms with Gasteiger partial charge in [-0.2, -0.15) is 0 Å². The molecule has 0 atom stereocenters. The summed E-state index contributed by atoms with van der Waals surface area (Å²) >= 11 is 0. The van der Waals surface area contributed by atoms with Gasteiger partial charge in [0, 0.05) is 10.8 Å².